The van der Waals surface area contributed by atoms with E-state index in [1.165, 1.54) is 19.3 Å². The zero-order valence-corrected chi connectivity index (χ0v) is 14.3. The molecule has 0 radical (unpaired) electrons. The van der Waals surface area contributed by atoms with Crippen molar-refractivity contribution in [2.24, 2.45) is 5.41 Å². The first-order chi connectivity index (χ1) is 9.47. The molecular formula is C16H22INO2. The van der Waals surface area contributed by atoms with Crippen molar-refractivity contribution in [1.29, 1.82) is 0 Å². The number of fused-ring (bicyclic) bond motifs is 1. The Balaban J connectivity index is 2.13. The largest absolute Gasteiger partial charge is 0.392 e. The van der Waals surface area contributed by atoms with Gasteiger partial charge in [-0.2, -0.15) is 0 Å². The lowest BCUT2D eigenvalue weighted by Gasteiger charge is -2.47. The van der Waals surface area contributed by atoms with E-state index in [1.807, 2.05) is 0 Å². The lowest BCUT2D eigenvalue weighted by molar-refractivity contribution is 0.0237. The molecular weight excluding hydrogens is 365 g/mol. The second kappa shape index (κ2) is 5.21. The number of hydrogen-bond donors (Lipinski definition) is 2. The summed E-state index contributed by atoms with van der Waals surface area (Å²) in [4.78, 5) is 4.85. The fourth-order valence-corrected chi connectivity index (χ4v) is 4.89. The second-order valence-electron chi connectivity index (χ2n) is 6.71. The molecule has 20 heavy (non-hydrogen) atoms. The smallest absolute Gasteiger partial charge is 0.0823 e. The summed E-state index contributed by atoms with van der Waals surface area (Å²) in [6.45, 7) is 4.23. The molecule has 0 aromatic carbocycles. The molecule has 3 rings (SSSR count). The van der Waals surface area contributed by atoms with Crippen molar-refractivity contribution in [3.63, 3.8) is 0 Å². The van der Waals surface area contributed by atoms with Crippen LogP contribution in [0.15, 0.2) is 0 Å². The molecule has 1 aromatic heterocycles. The maximum absolute atomic E-state index is 10.6. The minimum Gasteiger partial charge on any atom is -0.392 e. The van der Waals surface area contributed by atoms with Gasteiger partial charge in [-0.3, -0.25) is 4.98 Å². The number of rotatable bonds is 2. The highest BCUT2D eigenvalue weighted by molar-refractivity contribution is 14.1. The minimum atomic E-state index is -0.412. The molecule has 4 heteroatoms. The van der Waals surface area contributed by atoms with Gasteiger partial charge in [0.05, 0.1) is 12.7 Å². The van der Waals surface area contributed by atoms with Crippen LogP contribution >= 0.6 is 22.6 Å². The number of aliphatic hydroxyl groups is 2. The highest BCUT2D eigenvalue weighted by atomic mass is 127. The Kier molecular flexibility index (Phi) is 3.84. The summed E-state index contributed by atoms with van der Waals surface area (Å²) in [6, 6.07) is 0. The van der Waals surface area contributed by atoms with E-state index in [0.29, 0.717) is 11.3 Å². The second-order valence-corrected chi connectivity index (χ2v) is 7.79. The molecule has 1 heterocycles. The lowest BCUT2D eigenvalue weighted by atomic mass is 9.60. The van der Waals surface area contributed by atoms with E-state index >= 15 is 0 Å². The van der Waals surface area contributed by atoms with Crippen molar-refractivity contribution >= 4 is 22.6 Å². The molecule has 3 nitrogen and oxygen atoms in total. The minimum absolute atomic E-state index is 0.00390. The monoisotopic (exact) mass is 387 g/mol. The first kappa shape index (κ1) is 14.7. The van der Waals surface area contributed by atoms with Crippen molar-refractivity contribution in [1.82, 2.24) is 4.98 Å². The number of aliphatic hydroxyl groups excluding tert-OH is 2. The molecule has 0 bridgehead atoms. The summed E-state index contributed by atoms with van der Waals surface area (Å²) in [5, 5.41) is 20.2. The summed E-state index contributed by atoms with van der Waals surface area (Å²) in [5.74, 6) is 0.298. The van der Waals surface area contributed by atoms with Gasteiger partial charge in [-0.05, 0) is 59.6 Å². The highest BCUT2D eigenvalue weighted by Crippen LogP contribution is 2.54. The Hall–Kier alpha value is -0.200. The van der Waals surface area contributed by atoms with Crippen LogP contribution in [-0.4, -0.2) is 15.2 Å². The van der Waals surface area contributed by atoms with Crippen molar-refractivity contribution in [2.45, 2.75) is 64.6 Å². The Morgan fingerprint density at radius 1 is 1.40 bits per heavy atom. The maximum atomic E-state index is 10.6. The molecule has 2 aliphatic carbocycles. The summed E-state index contributed by atoms with van der Waals surface area (Å²) in [6.07, 6.45) is 5.18. The summed E-state index contributed by atoms with van der Waals surface area (Å²) < 4.78 is 1.03. The number of hydrogen-bond acceptors (Lipinski definition) is 3. The standard InChI is InChI=1S/C16H22INO2/c1-9(2)15-10(8-19)14(17)13-11(18-15)6-16(4-3-5-16)7-12(13)20/h9,12,19-20H,3-8H2,1-2H3. The quantitative estimate of drug-likeness (QED) is 0.765. The average molecular weight is 387 g/mol. The van der Waals surface area contributed by atoms with E-state index in [4.69, 9.17) is 4.98 Å². The molecule has 1 aromatic rings. The zero-order valence-electron chi connectivity index (χ0n) is 12.1. The molecule has 1 fully saturated rings. The van der Waals surface area contributed by atoms with Crippen LogP contribution in [0.2, 0.25) is 0 Å². The summed E-state index contributed by atoms with van der Waals surface area (Å²) in [7, 11) is 0. The normalized spacial score (nSPS) is 23.8. The van der Waals surface area contributed by atoms with Crippen LogP contribution in [0.5, 0.6) is 0 Å². The van der Waals surface area contributed by atoms with Crippen LogP contribution in [0.4, 0.5) is 0 Å². The number of nitrogens with zero attached hydrogens (tertiary/aromatic N) is 1. The maximum Gasteiger partial charge on any atom is 0.0823 e. The Morgan fingerprint density at radius 2 is 2.10 bits per heavy atom. The molecule has 1 unspecified atom stereocenters. The zero-order chi connectivity index (χ0) is 14.5. The first-order valence-electron chi connectivity index (χ1n) is 7.47. The van der Waals surface area contributed by atoms with Gasteiger partial charge in [0.15, 0.2) is 0 Å². The SMILES string of the molecule is CC(C)c1nc2c(c(I)c1CO)C(O)CC1(CCC1)C2. The fourth-order valence-electron chi connectivity index (χ4n) is 3.77. The molecule has 1 saturated carbocycles. The van der Waals surface area contributed by atoms with Gasteiger partial charge < -0.3 is 10.2 Å². The number of aromatic nitrogens is 1. The van der Waals surface area contributed by atoms with E-state index < -0.39 is 6.10 Å². The highest BCUT2D eigenvalue weighted by Gasteiger charge is 2.44. The van der Waals surface area contributed by atoms with Crippen LogP contribution in [0, 0.1) is 8.99 Å². The number of halogens is 1. The third-order valence-corrected chi connectivity index (χ3v) is 6.23. The van der Waals surface area contributed by atoms with Gasteiger partial charge in [-0.1, -0.05) is 20.3 Å². The molecule has 2 aliphatic rings. The molecule has 1 atom stereocenters. The van der Waals surface area contributed by atoms with Crippen molar-refractivity contribution in [2.75, 3.05) is 0 Å². The van der Waals surface area contributed by atoms with Gasteiger partial charge in [0.2, 0.25) is 0 Å². The van der Waals surface area contributed by atoms with Gasteiger partial charge >= 0.3 is 0 Å². The predicted molar refractivity (Wildman–Crippen MR) is 86.5 cm³/mol. The lowest BCUT2D eigenvalue weighted by Crippen LogP contribution is -2.38. The van der Waals surface area contributed by atoms with E-state index in [2.05, 4.69) is 36.4 Å². The Labute approximate surface area is 134 Å². The summed E-state index contributed by atoms with van der Waals surface area (Å²) in [5.41, 5.74) is 4.27. The van der Waals surface area contributed by atoms with Crippen LogP contribution in [0.25, 0.3) is 0 Å². The molecule has 0 saturated heterocycles. The van der Waals surface area contributed by atoms with Gasteiger partial charge in [-0.25, -0.2) is 0 Å². The van der Waals surface area contributed by atoms with Gasteiger partial charge in [-0.15, -0.1) is 0 Å². The molecule has 2 N–H and O–H groups in total. The topological polar surface area (TPSA) is 53.4 Å². The Morgan fingerprint density at radius 3 is 2.60 bits per heavy atom. The summed E-state index contributed by atoms with van der Waals surface area (Å²) >= 11 is 2.28. The number of pyridine rings is 1. The van der Waals surface area contributed by atoms with E-state index in [0.717, 1.165) is 38.9 Å². The molecule has 110 valence electrons. The first-order valence-corrected chi connectivity index (χ1v) is 8.55. The molecule has 0 amide bonds. The van der Waals surface area contributed by atoms with E-state index in [1.54, 1.807) is 0 Å². The van der Waals surface area contributed by atoms with Gasteiger partial charge in [0.25, 0.3) is 0 Å². The van der Waals surface area contributed by atoms with Crippen molar-refractivity contribution in [3.05, 3.63) is 26.1 Å². The van der Waals surface area contributed by atoms with Crippen LogP contribution in [0.1, 0.15) is 74.1 Å². The van der Waals surface area contributed by atoms with E-state index in [9.17, 15) is 10.2 Å². The van der Waals surface area contributed by atoms with Gasteiger partial charge in [0, 0.05) is 26.1 Å². The predicted octanol–water partition coefficient (Wildman–Crippen LogP) is 3.45. The fraction of sp³-hybridized carbons (Fsp3) is 0.688. The van der Waals surface area contributed by atoms with Crippen molar-refractivity contribution in [3.8, 4) is 0 Å². The third kappa shape index (κ3) is 2.20. The van der Waals surface area contributed by atoms with Crippen LogP contribution in [-0.2, 0) is 13.0 Å². The van der Waals surface area contributed by atoms with E-state index in [-0.39, 0.29) is 6.61 Å². The van der Waals surface area contributed by atoms with Crippen LogP contribution in [0.3, 0.4) is 0 Å². The Bertz CT molecular complexity index is 538. The van der Waals surface area contributed by atoms with Crippen LogP contribution < -0.4 is 0 Å². The van der Waals surface area contributed by atoms with Crippen molar-refractivity contribution < 1.29 is 10.2 Å². The third-order valence-electron chi connectivity index (χ3n) is 5.00. The molecule has 1 spiro atoms. The molecule has 0 aliphatic heterocycles. The van der Waals surface area contributed by atoms with Gasteiger partial charge in [0.1, 0.15) is 0 Å². The average Bonchev–Trinajstić information content (AvgIpc) is 2.35.